The van der Waals surface area contributed by atoms with Gasteiger partial charge in [-0.1, -0.05) is 128 Å². The summed E-state index contributed by atoms with van der Waals surface area (Å²) in [5.41, 5.74) is 0. The maximum absolute atomic E-state index is 11.1. The van der Waals surface area contributed by atoms with Gasteiger partial charge in [0, 0.05) is 38.3 Å². The Hall–Kier alpha value is -0.920. The fourth-order valence-electron chi connectivity index (χ4n) is 4.44. The molecule has 0 bridgehead atoms. The minimum Gasteiger partial charge on any atom is -0.548 e. The molecule has 0 aliphatic carbocycles. The molecule has 2 atom stereocenters. The summed E-state index contributed by atoms with van der Waals surface area (Å²) >= 11 is 0. The molecule has 0 aliphatic heterocycles. The standard InChI is InChI=1S/2C19H35NO2.Ca/c2*1-4-6-8-10-12-14-16-20(18(3)19(21)22)17-15-13-11-9-7-5-2;/h2*12-15,18H,4-11,16-17H2,1-3H3,(H,21,22);/q;;+2/p-2/b2*14-12+,15-13+;. The summed E-state index contributed by atoms with van der Waals surface area (Å²) in [5.74, 6) is -2.00. The summed E-state index contributed by atoms with van der Waals surface area (Å²) < 4.78 is 0. The molecule has 0 saturated carbocycles. The molecule has 0 aromatic rings. The van der Waals surface area contributed by atoms with Gasteiger partial charge < -0.3 is 19.8 Å². The van der Waals surface area contributed by atoms with Crippen LogP contribution in [0, 0.1) is 0 Å². The molecule has 7 heteroatoms. The van der Waals surface area contributed by atoms with Crippen molar-refractivity contribution in [2.45, 2.75) is 156 Å². The normalized spacial score (nSPS) is 13.2. The summed E-state index contributed by atoms with van der Waals surface area (Å²) in [4.78, 5) is 26.0. The van der Waals surface area contributed by atoms with E-state index in [0.717, 1.165) is 25.7 Å². The number of hydrogen-bond donors (Lipinski definition) is 0. The molecular weight excluding hydrogens is 589 g/mol. The first-order chi connectivity index (χ1) is 21.3. The summed E-state index contributed by atoms with van der Waals surface area (Å²) in [7, 11) is 0. The number of rotatable bonds is 28. The number of nitrogens with zero attached hydrogens (tertiary/aromatic N) is 2. The number of allylic oxidation sites excluding steroid dienone is 4. The van der Waals surface area contributed by atoms with E-state index >= 15 is 0 Å². The largest absolute Gasteiger partial charge is 2.00 e. The Kier molecular flexibility index (Phi) is 40.4. The SMILES string of the molecule is CCCCC/C=C/CN(C/C=C/CCCCC)C(C)C(=O)[O-].CCCCC/C=C/CN(C/C=C/CCCCC)C(C)C(=O)[O-].[Ca+2]. The number of carboxylic acid groups (broad SMARTS) is 2. The summed E-state index contributed by atoms with van der Waals surface area (Å²) in [6.45, 7) is 14.8. The second kappa shape index (κ2) is 37.5. The smallest absolute Gasteiger partial charge is 0.548 e. The molecule has 0 spiro atoms. The molecule has 6 nitrogen and oxygen atoms in total. The number of aliphatic carboxylic acids is 2. The Morgan fingerprint density at radius 1 is 0.467 bits per heavy atom. The van der Waals surface area contributed by atoms with Crippen LogP contribution in [0.5, 0.6) is 0 Å². The Labute approximate surface area is 308 Å². The molecule has 0 heterocycles. The third-order valence-corrected chi connectivity index (χ3v) is 7.70. The third kappa shape index (κ3) is 32.8. The Bertz CT molecular complexity index is 674. The maximum atomic E-state index is 11.1. The van der Waals surface area contributed by atoms with Gasteiger partial charge in [0.1, 0.15) is 0 Å². The van der Waals surface area contributed by atoms with Gasteiger partial charge in [0.05, 0.1) is 11.9 Å². The van der Waals surface area contributed by atoms with Crippen molar-refractivity contribution in [2.24, 2.45) is 0 Å². The summed E-state index contributed by atoms with van der Waals surface area (Å²) in [6.07, 6.45) is 36.1. The van der Waals surface area contributed by atoms with E-state index < -0.39 is 24.0 Å². The molecule has 0 N–H and O–H groups in total. The van der Waals surface area contributed by atoms with E-state index in [-0.39, 0.29) is 37.7 Å². The van der Waals surface area contributed by atoms with Crippen LogP contribution in [0.4, 0.5) is 0 Å². The number of hydrogen-bond acceptors (Lipinski definition) is 6. The van der Waals surface area contributed by atoms with E-state index in [1.54, 1.807) is 13.8 Å². The van der Waals surface area contributed by atoms with Crippen molar-refractivity contribution in [1.29, 1.82) is 0 Å². The Balaban J connectivity index is -0.000000767. The van der Waals surface area contributed by atoms with Crippen LogP contribution < -0.4 is 10.2 Å². The van der Waals surface area contributed by atoms with Gasteiger partial charge >= 0.3 is 37.7 Å². The first kappa shape index (κ1) is 48.5. The number of carbonyl (C=O) groups excluding carboxylic acids is 2. The van der Waals surface area contributed by atoms with E-state index in [1.807, 2.05) is 9.80 Å². The van der Waals surface area contributed by atoms with Gasteiger partial charge in [-0.3, -0.25) is 9.80 Å². The average molecular weight is 657 g/mol. The fourth-order valence-corrected chi connectivity index (χ4v) is 4.44. The van der Waals surface area contributed by atoms with Crippen molar-refractivity contribution in [3.8, 4) is 0 Å². The second-order valence-corrected chi connectivity index (χ2v) is 11.8. The van der Waals surface area contributed by atoms with E-state index in [9.17, 15) is 19.8 Å². The zero-order valence-electron chi connectivity index (χ0n) is 30.2. The van der Waals surface area contributed by atoms with Crippen LogP contribution in [-0.4, -0.2) is 97.7 Å². The fraction of sp³-hybridized carbons (Fsp3) is 0.737. The average Bonchev–Trinajstić information content (AvgIpc) is 3.01. The van der Waals surface area contributed by atoms with Crippen molar-refractivity contribution in [3.63, 3.8) is 0 Å². The number of carbonyl (C=O) groups is 2. The number of carboxylic acids is 2. The van der Waals surface area contributed by atoms with Crippen molar-refractivity contribution < 1.29 is 19.8 Å². The molecular formula is C38H68CaN2O4. The van der Waals surface area contributed by atoms with E-state index in [2.05, 4.69) is 76.3 Å². The Morgan fingerprint density at radius 2 is 0.689 bits per heavy atom. The van der Waals surface area contributed by atoms with Crippen molar-refractivity contribution in [3.05, 3.63) is 48.6 Å². The molecule has 0 saturated heterocycles. The van der Waals surface area contributed by atoms with Gasteiger partial charge in [-0.15, -0.1) is 0 Å². The van der Waals surface area contributed by atoms with Gasteiger partial charge in [0.2, 0.25) is 0 Å². The molecule has 0 fully saturated rings. The van der Waals surface area contributed by atoms with Crippen molar-refractivity contribution in [1.82, 2.24) is 9.80 Å². The van der Waals surface area contributed by atoms with Gasteiger partial charge in [0.15, 0.2) is 0 Å². The molecule has 0 aliphatic rings. The first-order valence-corrected chi connectivity index (χ1v) is 17.8. The van der Waals surface area contributed by atoms with E-state index in [4.69, 9.17) is 0 Å². The maximum Gasteiger partial charge on any atom is 2.00 e. The van der Waals surface area contributed by atoms with Gasteiger partial charge in [-0.25, -0.2) is 0 Å². The number of unbranched alkanes of at least 4 members (excludes halogenated alkanes) is 12. The minimum atomic E-state index is -1.00. The molecule has 0 rings (SSSR count). The zero-order valence-corrected chi connectivity index (χ0v) is 32.4. The van der Waals surface area contributed by atoms with Gasteiger partial charge in [0.25, 0.3) is 0 Å². The molecule has 0 aromatic heterocycles. The quantitative estimate of drug-likeness (QED) is 0.0511. The van der Waals surface area contributed by atoms with Crippen LogP contribution in [0.15, 0.2) is 48.6 Å². The summed E-state index contributed by atoms with van der Waals surface area (Å²) in [6, 6.07) is -1.11. The monoisotopic (exact) mass is 656 g/mol. The topological polar surface area (TPSA) is 86.7 Å². The van der Waals surface area contributed by atoms with Crippen LogP contribution in [-0.2, 0) is 9.59 Å². The molecule has 0 radical (unpaired) electrons. The summed E-state index contributed by atoms with van der Waals surface area (Å²) in [5, 5.41) is 22.2. The van der Waals surface area contributed by atoms with Crippen molar-refractivity contribution >= 4 is 49.7 Å². The van der Waals surface area contributed by atoms with E-state index in [0.29, 0.717) is 26.2 Å². The van der Waals surface area contributed by atoms with Gasteiger partial charge in [-0.2, -0.15) is 0 Å². The minimum absolute atomic E-state index is 0. The van der Waals surface area contributed by atoms with Gasteiger partial charge in [-0.05, 0) is 65.2 Å². The van der Waals surface area contributed by atoms with Crippen LogP contribution in [0.2, 0.25) is 0 Å². The predicted octanol–water partition coefficient (Wildman–Crippen LogP) is 7.02. The van der Waals surface area contributed by atoms with E-state index in [1.165, 1.54) is 77.0 Å². The van der Waals surface area contributed by atoms with Crippen LogP contribution in [0.1, 0.15) is 144 Å². The second-order valence-electron chi connectivity index (χ2n) is 11.8. The van der Waals surface area contributed by atoms with Crippen LogP contribution in [0.3, 0.4) is 0 Å². The van der Waals surface area contributed by atoms with Crippen molar-refractivity contribution in [2.75, 3.05) is 26.2 Å². The molecule has 45 heavy (non-hydrogen) atoms. The molecule has 256 valence electrons. The first-order valence-electron chi connectivity index (χ1n) is 17.8. The predicted molar refractivity (Wildman–Crippen MR) is 191 cm³/mol. The van der Waals surface area contributed by atoms with Crippen LogP contribution >= 0.6 is 0 Å². The van der Waals surface area contributed by atoms with Crippen LogP contribution in [0.25, 0.3) is 0 Å². The zero-order chi connectivity index (χ0) is 33.3. The molecule has 0 aromatic carbocycles. The molecule has 2 unspecified atom stereocenters. The third-order valence-electron chi connectivity index (χ3n) is 7.70. The Morgan fingerprint density at radius 3 is 0.867 bits per heavy atom. The molecule has 0 amide bonds.